The third-order valence-electron chi connectivity index (χ3n) is 5.73. The molecule has 3 aliphatic heterocycles. The SMILES string of the molecule is Cc1cccc(F)c1N1CC2C=NC(N)=CC2N([C@@H]2CCCCNC2)C1=O. The van der Waals surface area contributed by atoms with Crippen LogP contribution in [0.4, 0.5) is 14.9 Å². The van der Waals surface area contributed by atoms with Crippen molar-refractivity contribution in [1.29, 1.82) is 0 Å². The number of carbonyl (C=O) groups excluding carboxylic acids is 1. The summed E-state index contributed by atoms with van der Waals surface area (Å²) in [5.74, 6) is 0.0481. The van der Waals surface area contributed by atoms with E-state index in [1.807, 2.05) is 30.2 Å². The number of urea groups is 1. The van der Waals surface area contributed by atoms with Gasteiger partial charge in [0.05, 0.1) is 11.7 Å². The van der Waals surface area contributed by atoms with Crippen LogP contribution in [0.25, 0.3) is 0 Å². The fourth-order valence-electron chi connectivity index (χ4n) is 4.40. The van der Waals surface area contributed by atoms with Crippen LogP contribution in [0, 0.1) is 18.7 Å². The van der Waals surface area contributed by atoms with Gasteiger partial charge in [0.1, 0.15) is 11.6 Å². The number of fused-ring (bicyclic) bond motifs is 1. The first kappa shape index (κ1) is 18.0. The predicted molar refractivity (Wildman–Crippen MR) is 104 cm³/mol. The van der Waals surface area contributed by atoms with E-state index in [-0.39, 0.29) is 29.8 Å². The molecule has 0 radical (unpaired) electrons. The molecule has 2 saturated heterocycles. The zero-order chi connectivity index (χ0) is 19.0. The van der Waals surface area contributed by atoms with Gasteiger partial charge >= 0.3 is 6.03 Å². The maximum Gasteiger partial charge on any atom is 0.325 e. The largest absolute Gasteiger partial charge is 0.384 e. The maximum absolute atomic E-state index is 14.6. The highest BCUT2D eigenvalue weighted by molar-refractivity contribution is 5.96. The molecule has 1 aromatic rings. The molecule has 6 nitrogen and oxygen atoms in total. The lowest BCUT2D eigenvalue weighted by Crippen LogP contribution is -2.64. The second-order valence-electron chi connectivity index (χ2n) is 7.58. The average molecular weight is 371 g/mol. The monoisotopic (exact) mass is 371 g/mol. The highest BCUT2D eigenvalue weighted by atomic mass is 19.1. The second kappa shape index (κ2) is 7.31. The Balaban J connectivity index is 1.74. The molecule has 0 aliphatic carbocycles. The van der Waals surface area contributed by atoms with Crippen LogP contribution in [0.3, 0.4) is 0 Å². The molecule has 3 heterocycles. The number of aryl methyl sites for hydroxylation is 1. The molecule has 3 atom stereocenters. The Bertz CT molecular complexity index is 764. The summed E-state index contributed by atoms with van der Waals surface area (Å²) < 4.78 is 14.6. The van der Waals surface area contributed by atoms with Gasteiger partial charge in [0.25, 0.3) is 0 Å². The van der Waals surface area contributed by atoms with Crippen molar-refractivity contribution in [3.05, 3.63) is 41.5 Å². The number of nitrogens with zero attached hydrogens (tertiary/aromatic N) is 3. The smallest absolute Gasteiger partial charge is 0.325 e. The third kappa shape index (κ3) is 3.32. The first-order chi connectivity index (χ1) is 13.1. The minimum atomic E-state index is -0.372. The molecular formula is C20H26FN5O. The number of halogens is 1. The molecule has 27 heavy (non-hydrogen) atoms. The molecule has 2 fully saturated rings. The fourth-order valence-corrected chi connectivity index (χ4v) is 4.40. The molecule has 1 aromatic carbocycles. The predicted octanol–water partition coefficient (Wildman–Crippen LogP) is 2.39. The lowest BCUT2D eigenvalue weighted by Gasteiger charge is -2.48. The van der Waals surface area contributed by atoms with Gasteiger partial charge in [0, 0.05) is 31.3 Å². The quantitative estimate of drug-likeness (QED) is 0.838. The summed E-state index contributed by atoms with van der Waals surface area (Å²) in [5, 5.41) is 3.43. The van der Waals surface area contributed by atoms with Crippen LogP contribution in [-0.4, -0.2) is 48.9 Å². The second-order valence-corrected chi connectivity index (χ2v) is 7.58. The summed E-state index contributed by atoms with van der Waals surface area (Å²) in [5.41, 5.74) is 7.06. The lowest BCUT2D eigenvalue weighted by molar-refractivity contribution is 0.132. The standard InChI is InChI=1S/C20H26FN5O/c1-13-5-4-7-16(21)19(13)25-12-14-10-24-18(22)9-17(14)26(20(25)27)15-6-2-3-8-23-11-15/h4-5,7,9-10,14-15,17,23H,2-3,6,8,11-12,22H2,1H3/t14?,15-,17?/m1/s1. The van der Waals surface area contributed by atoms with Gasteiger partial charge in [-0.15, -0.1) is 0 Å². The minimum Gasteiger partial charge on any atom is -0.384 e. The van der Waals surface area contributed by atoms with Gasteiger partial charge in [0.15, 0.2) is 0 Å². The summed E-state index contributed by atoms with van der Waals surface area (Å²) in [7, 11) is 0. The molecule has 0 bridgehead atoms. The Morgan fingerprint density at radius 1 is 1.33 bits per heavy atom. The molecule has 2 amide bonds. The first-order valence-electron chi connectivity index (χ1n) is 9.63. The number of nitrogens with one attached hydrogen (secondary N) is 1. The van der Waals surface area contributed by atoms with E-state index in [9.17, 15) is 9.18 Å². The van der Waals surface area contributed by atoms with Crippen molar-refractivity contribution in [2.45, 2.75) is 38.3 Å². The van der Waals surface area contributed by atoms with E-state index < -0.39 is 0 Å². The Morgan fingerprint density at radius 2 is 2.19 bits per heavy atom. The molecule has 0 aromatic heterocycles. The van der Waals surface area contributed by atoms with Crippen LogP contribution in [0.1, 0.15) is 24.8 Å². The number of nitrogens with two attached hydrogens (primary N) is 1. The molecule has 144 valence electrons. The van der Waals surface area contributed by atoms with Crippen LogP contribution < -0.4 is 16.0 Å². The number of aliphatic imine (C=N–C) groups is 1. The Hall–Kier alpha value is -2.41. The van der Waals surface area contributed by atoms with Gasteiger partial charge in [-0.05, 0) is 44.0 Å². The Kier molecular flexibility index (Phi) is 4.86. The minimum absolute atomic E-state index is 0.0164. The van der Waals surface area contributed by atoms with Crippen molar-refractivity contribution in [1.82, 2.24) is 10.2 Å². The Morgan fingerprint density at radius 3 is 3.00 bits per heavy atom. The summed E-state index contributed by atoms with van der Waals surface area (Å²) in [6, 6.07) is 4.68. The van der Waals surface area contributed by atoms with Crippen LogP contribution in [-0.2, 0) is 0 Å². The van der Waals surface area contributed by atoms with Crippen molar-refractivity contribution >= 4 is 17.9 Å². The molecule has 7 heteroatoms. The van der Waals surface area contributed by atoms with Crippen molar-refractivity contribution in [2.24, 2.45) is 16.6 Å². The van der Waals surface area contributed by atoms with E-state index >= 15 is 0 Å². The zero-order valence-electron chi connectivity index (χ0n) is 15.6. The van der Waals surface area contributed by atoms with E-state index in [1.54, 1.807) is 11.0 Å². The van der Waals surface area contributed by atoms with E-state index in [1.165, 1.54) is 6.07 Å². The fraction of sp³-hybridized carbons (Fsp3) is 0.500. The van der Waals surface area contributed by atoms with Crippen LogP contribution in [0.5, 0.6) is 0 Å². The highest BCUT2D eigenvalue weighted by Gasteiger charge is 2.44. The van der Waals surface area contributed by atoms with E-state index in [2.05, 4.69) is 10.3 Å². The number of rotatable bonds is 2. The third-order valence-corrected chi connectivity index (χ3v) is 5.73. The highest BCUT2D eigenvalue weighted by Crippen LogP contribution is 2.34. The average Bonchev–Trinajstić information content (AvgIpc) is 2.91. The molecular weight excluding hydrogens is 345 g/mol. The van der Waals surface area contributed by atoms with E-state index in [0.29, 0.717) is 18.1 Å². The number of hydrogen-bond acceptors (Lipinski definition) is 4. The zero-order valence-corrected chi connectivity index (χ0v) is 15.6. The van der Waals surface area contributed by atoms with Crippen LogP contribution >= 0.6 is 0 Å². The molecule has 2 unspecified atom stereocenters. The van der Waals surface area contributed by atoms with Crippen LogP contribution in [0.2, 0.25) is 0 Å². The summed E-state index contributed by atoms with van der Waals surface area (Å²) >= 11 is 0. The number of carbonyl (C=O) groups is 1. The summed E-state index contributed by atoms with van der Waals surface area (Å²) in [4.78, 5) is 21.3. The van der Waals surface area contributed by atoms with Crippen LogP contribution in [0.15, 0.2) is 35.1 Å². The number of anilines is 1. The van der Waals surface area contributed by atoms with Gasteiger partial charge in [-0.1, -0.05) is 18.6 Å². The maximum atomic E-state index is 14.6. The lowest BCUT2D eigenvalue weighted by atomic mass is 9.91. The normalized spacial score (nSPS) is 28.6. The number of para-hydroxylation sites is 1. The summed E-state index contributed by atoms with van der Waals surface area (Å²) in [6.07, 6.45) is 6.77. The van der Waals surface area contributed by atoms with Gasteiger partial charge < -0.3 is 16.0 Å². The molecule has 0 saturated carbocycles. The van der Waals surface area contributed by atoms with Crippen molar-refractivity contribution < 1.29 is 9.18 Å². The van der Waals surface area contributed by atoms with Gasteiger partial charge in [-0.25, -0.2) is 14.2 Å². The topological polar surface area (TPSA) is 74.0 Å². The van der Waals surface area contributed by atoms with Gasteiger partial charge in [0.2, 0.25) is 0 Å². The number of benzene rings is 1. The van der Waals surface area contributed by atoms with Gasteiger partial charge in [-0.2, -0.15) is 0 Å². The Labute approximate surface area is 158 Å². The molecule has 0 spiro atoms. The molecule has 3 N–H and O–H groups in total. The van der Waals surface area contributed by atoms with E-state index in [0.717, 1.165) is 37.9 Å². The molecule has 3 aliphatic rings. The number of amides is 2. The van der Waals surface area contributed by atoms with Crippen molar-refractivity contribution in [3.63, 3.8) is 0 Å². The van der Waals surface area contributed by atoms with Gasteiger partial charge in [-0.3, -0.25) is 4.90 Å². The summed E-state index contributed by atoms with van der Waals surface area (Å²) in [6.45, 7) is 3.93. The van der Waals surface area contributed by atoms with Crippen molar-refractivity contribution in [2.75, 3.05) is 24.5 Å². The number of hydrogen-bond donors (Lipinski definition) is 2. The van der Waals surface area contributed by atoms with Crippen molar-refractivity contribution in [3.8, 4) is 0 Å². The van der Waals surface area contributed by atoms with E-state index in [4.69, 9.17) is 5.73 Å². The molecule has 4 rings (SSSR count). The first-order valence-corrected chi connectivity index (χ1v) is 9.63.